The van der Waals surface area contributed by atoms with Gasteiger partial charge in [0.1, 0.15) is 5.82 Å². The number of rotatable bonds is 7. The minimum atomic E-state index is -0.445. The summed E-state index contributed by atoms with van der Waals surface area (Å²) in [5, 5.41) is 0.788. The lowest BCUT2D eigenvalue weighted by Gasteiger charge is -2.13. The molecule has 0 saturated heterocycles. The van der Waals surface area contributed by atoms with E-state index in [2.05, 4.69) is 6.92 Å². The normalized spacial score (nSPS) is 11.2. The number of nitrogens with zero attached hydrogens (tertiary/aromatic N) is 1. The highest BCUT2D eigenvalue weighted by molar-refractivity contribution is 6.11. The quantitative estimate of drug-likeness (QED) is 0.397. The second-order valence-electron chi connectivity index (χ2n) is 7.49. The van der Waals surface area contributed by atoms with Gasteiger partial charge < -0.3 is 9.30 Å². The molecule has 2 aromatic carbocycles. The number of aromatic nitrogens is 1. The lowest BCUT2D eigenvalue weighted by atomic mass is 9.96. The van der Waals surface area contributed by atoms with E-state index in [1.165, 1.54) is 13.2 Å². The third kappa shape index (κ3) is 3.95. The van der Waals surface area contributed by atoms with Crippen LogP contribution in [0.1, 0.15) is 59.2 Å². The molecular weight excluding hydrogens is 369 g/mol. The summed E-state index contributed by atoms with van der Waals surface area (Å²) < 4.78 is 21.2. The summed E-state index contributed by atoms with van der Waals surface area (Å²) in [7, 11) is 1.33. The number of esters is 1. The molecule has 1 aromatic heterocycles. The Kier molecular flexibility index (Phi) is 6.16. The fourth-order valence-electron chi connectivity index (χ4n) is 3.68. The molecule has 0 atom stereocenters. The van der Waals surface area contributed by atoms with E-state index in [1.54, 1.807) is 36.4 Å². The van der Waals surface area contributed by atoms with Crippen molar-refractivity contribution in [3.8, 4) is 0 Å². The maximum Gasteiger partial charge on any atom is 0.337 e. The molecule has 5 heteroatoms. The van der Waals surface area contributed by atoms with Crippen molar-refractivity contribution in [2.45, 2.75) is 40.2 Å². The van der Waals surface area contributed by atoms with Crippen LogP contribution in [0, 0.1) is 11.7 Å². The third-order valence-corrected chi connectivity index (χ3v) is 5.14. The van der Waals surface area contributed by atoms with Gasteiger partial charge >= 0.3 is 5.97 Å². The van der Waals surface area contributed by atoms with Gasteiger partial charge in [0.15, 0.2) is 5.78 Å². The predicted molar refractivity (Wildman–Crippen MR) is 112 cm³/mol. The number of carbonyl (C=O) groups is 2. The van der Waals surface area contributed by atoms with E-state index in [0.29, 0.717) is 23.1 Å². The first kappa shape index (κ1) is 20.8. The van der Waals surface area contributed by atoms with Crippen LogP contribution in [0.4, 0.5) is 4.39 Å². The minimum Gasteiger partial charge on any atom is -0.465 e. The van der Waals surface area contributed by atoms with Crippen LogP contribution < -0.4 is 0 Å². The molecule has 0 N–H and O–H groups in total. The summed E-state index contributed by atoms with van der Waals surface area (Å²) in [6, 6.07) is 11.8. The number of halogens is 1. The van der Waals surface area contributed by atoms with E-state index >= 15 is 0 Å². The molecule has 152 valence electrons. The van der Waals surface area contributed by atoms with Crippen LogP contribution in [0.2, 0.25) is 0 Å². The Morgan fingerprint density at radius 2 is 1.86 bits per heavy atom. The van der Waals surface area contributed by atoms with Gasteiger partial charge in [0.25, 0.3) is 0 Å². The smallest absolute Gasteiger partial charge is 0.337 e. The Balaban J connectivity index is 2.32. The number of hydrogen-bond donors (Lipinski definition) is 0. The van der Waals surface area contributed by atoms with Gasteiger partial charge in [0.2, 0.25) is 0 Å². The topological polar surface area (TPSA) is 48.3 Å². The van der Waals surface area contributed by atoms with Gasteiger partial charge in [-0.2, -0.15) is 0 Å². The Morgan fingerprint density at radius 1 is 1.14 bits per heavy atom. The van der Waals surface area contributed by atoms with Crippen molar-refractivity contribution in [3.63, 3.8) is 0 Å². The molecule has 29 heavy (non-hydrogen) atoms. The lowest BCUT2D eigenvalue weighted by molar-refractivity contribution is 0.0600. The lowest BCUT2D eigenvalue weighted by Crippen LogP contribution is -2.13. The van der Waals surface area contributed by atoms with Gasteiger partial charge in [0.05, 0.1) is 24.7 Å². The van der Waals surface area contributed by atoms with Crippen LogP contribution in [-0.2, 0) is 17.7 Å². The van der Waals surface area contributed by atoms with E-state index in [-0.39, 0.29) is 24.1 Å². The summed E-state index contributed by atoms with van der Waals surface area (Å²) in [4.78, 5) is 25.2. The van der Waals surface area contributed by atoms with Crippen LogP contribution in [0.3, 0.4) is 0 Å². The first-order chi connectivity index (χ1) is 13.9. The van der Waals surface area contributed by atoms with Crippen molar-refractivity contribution in [2.24, 2.45) is 5.92 Å². The molecular formula is C24H26FNO3. The second kappa shape index (κ2) is 8.60. The highest BCUT2D eigenvalue weighted by Gasteiger charge is 2.25. The summed E-state index contributed by atoms with van der Waals surface area (Å²) in [5.74, 6) is -0.855. The molecule has 0 bridgehead atoms. The standard InChI is InChI=1S/C24H26FNO3/c1-5-8-20-22(23(27)15(2)3)18-12-11-16(24(28)29-4)13-21(18)26(20)14-17-9-6-7-10-19(17)25/h6-7,9-13,15H,5,8,14H2,1-4H3. The molecule has 1 heterocycles. The van der Waals surface area contributed by atoms with Gasteiger partial charge in [0, 0.05) is 28.1 Å². The SMILES string of the molecule is CCCc1c(C(=O)C(C)C)c2ccc(C(=O)OC)cc2n1Cc1ccccc1F. The van der Waals surface area contributed by atoms with Crippen LogP contribution >= 0.6 is 0 Å². The molecule has 0 aliphatic heterocycles. The fraction of sp³-hybridized carbons (Fsp3) is 0.333. The number of ketones is 1. The number of ether oxygens (including phenoxy) is 1. The van der Waals surface area contributed by atoms with E-state index in [4.69, 9.17) is 4.74 Å². The van der Waals surface area contributed by atoms with E-state index in [1.807, 2.05) is 18.4 Å². The van der Waals surface area contributed by atoms with Crippen molar-refractivity contribution in [1.29, 1.82) is 0 Å². The van der Waals surface area contributed by atoms with E-state index in [9.17, 15) is 14.0 Å². The molecule has 3 rings (SSSR count). The number of fused-ring (bicyclic) bond motifs is 1. The minimum absolute atomic E-state index is 0.0524. The average Bonchev–Trinajstić information content (AvgIpc) is 3.01. The summed E-state index contributed by atoms with van der Waals surface area (Å²) >= 11 is 0. The molecule has 0 fully saturated rings. The average molecular weight is 395 g/mol. The first-order valence-corrected chi connectivity index (χ1v) is 9.90. The number of carbonyl (C=O) groups excluding carboxylic acids is 2. The Labute approximate surface area is 170 Å². The molecule has 0 aliphatic rings. The van der Waals surface area contributed by atoms with Crippen molar-refractivity contribution in [1.82, 2.24) is 4.57 Å². The summed E-state index contributed by atoms with van der Waals surface area (Å²) in [6.07, 6.45) is 1.53. The Morgan fingerprint density at radius 3 is 2.48 bits per heavy atom. The Bertz CT molecular complexity index is 1070. The third-order valence-electron chi connectivity index (χ3n) is 5.14. The van der Waals surface area contributed by atoms with Crippen molar-refractivity contribution >= 4 is 22.7 Å². The fourth-order valence-corrected chi connectivity index (χ4v) is 3.68. The summed E-state index contributed by atoms with van der Waals surface area (Å²) in [5.41, 5.74) is 3.23. The maximum absolute atomic E-state index is 14.4. The summed E-state index contributed by atoms with van der Waals surface area (Å²) in [6.45, 7) is 6.09. The van der Waals surface area contributed by atoms with Crippen molar-refractivity contribution < 1.29 is 18.7 Å². The van der Waals surface area contributed by atoms with Crippen molar-refractivity contribution in [2.75, 3.05) is 7.11 Å². The molecule has 0 unspecified atom stereocenters. The van der Waals surface area contributed by atoms with Gasteiger partial charge in [-0.1, -0.05) is 51.5 Å². The van der Waals surface area contributed by atoms with Crippen LogP contribution in [0.25, 0.3) is 10.9 Å². The molecule has 3 aromatic rings. The zero-order valence-corrected chi connectivity index (χ0v) is 17.3. The van der Waals surface area contributed by atoms with Crippen LogP contribution in [0.15, 0.2) is 42.5 Å². The van der Waals surface area contributed by atoms with Crippen LogP contribution in [-0.4, -0.2) is 23.4 Å². The monoisotopic (exact) mass is 395 g/mol. The molecule has 0 amide bonds. The van der Waals surface area contributed by atoms with Gasteiger partial charge in [-0.15, -0.1) is 0 Å². The molecule has 0 aliphatic carbocycles. The molecule has 4 nitrogen and oxygen atoms in total. The number of hydrogen-bond acceptors (Lipinski definition) is 3. The van der Waals surface area contributed by atoms with Gasteiger partial charge in [-0.25, -0.2) is 9.18 Å². The van der Waals surface area contributed by atoms with Gasteiger partial charge in [-0.05, 0) is 24.6 Å². The zero-order chi connectivity index (χ0) is 21.1. The number of methoxy groups -OCH3 is 1. The second-order valence-corrected chi connectivity index (χ2v) is 7.49. The van der Waals surface area contributed by atoms with Gasteiger partial charge in [-0.3, -0.25) is 4.79 Å². The first-order valence-electron chi connectivity index (χ1n) is 9.90. The molecule has 0 saturated carbocycles. The zero-order valence-electron chi connectivity index (χ0n) is 17.3. The Hall–Kier alpha value is -2.95. The highest BCUT2D eigenvalue weighted by Crippen LogP contribution is 2.31. The highest BCUT2D eigenvalue weighted by atomic mass is 19.1. The van der Waals surface area contributed by atoms with Crippen molar-refractivity contribution in [3.05, 3.63) is 70.7 Å². The molecule has 0 spiro atoms. The number of benzene rings is 2. The molecule has 0 radical (unpaired) electrons. The number of Topliss-reactive ketones (excluding diaryl/α,β-unsaturated/α-hetero) is 1. The van der Waals surface area contributed by atoms with E-state index in [0.717, 1.165) is 23.0 Å². The largest absolute Gasteiger partial charge is 0.465 e. The van der Waals surface area contributed by atoms with Crippen LogP contribution in [0.5, 0.6) is 0 Å². The van der Waals surface area contributed by atoms with E-state index < -0.39 is 5.97 Å². The maximum atomic E-state index is 14.4. The predicted octanol–water partition coefficient (Wildman–Crippen LogP) is 5.41.